The molecule has 0 unspecified atom stereocenters. The van der Waals surface area contributed by atoms with Gasteiger partial charge in [-0.15, -0.1) is 0 Å². The number of pyridine rings is 1. The Bertz CT molecular complexity index is 980. The lowest BCUT2D eigenvalue weighted by atomic mass is 9.88. The molecule has 0 spiro atoms. The van der Waals surface area contributed by atoms with Crippen LogP contribution in [0.2, 0.25) is 0 Å². The molecule has 0 radical (unpaired) electrons. The first-order chi connectivity index (χ1) is 13.8. The van der Waals surface area contributed by atoms with Crippen LogP contribution < -0.4 is 15.0 Å². The molecule has 2 aromatic rings. The molecule has 1 N–H and O–H groups in total. The van der Waals surface area contributed by atoms with Crippen LogP contribution >= 0.6 is 0 Å². The summed E-state index contributed by atoms with van der Waals surface area (Å²) < 4.78 is 59.8. The normalized spacial score (nSPS) is 16.8. The van der Waals surface area contributed by atoms with Gasteiger partial charge in [-0.25, -0.2) is 0 Å². The van der Waals surface area contributed by atoms with Gasteiger partial charge in [0.25, 0.3) is 17.8 Å². The number of fused-ring (bicyclic) bond motifs is 1. The third-order valence-electron chi connectivity index (χ3n) is 5.05. The molecule has 2 aliphatic heterocycles. The van der Waals surface area contributed by atoms with Gasteiger partial charge in [-0.05, 0) is 31.0 Å². The SMILES string of the molecule is O=C1COc2ccc(C(=O)C3CCN(c4c(F)c(F)nc(F)c4F)CC3)cc2N1. The largest absolute Gasteiger partial charge is 0.482 e. The first kappa shape index (κ1) is 19.2. The van der Waals surface area contributed by atoms with E-state index in [9.17, 15) is 27.2 Å². The number of rotatable bonds is 3. The summed E-state index contributed by atoms with van der Waals surface area (Å²) in [5.41, 5.74) is -0.0442. The van der Waals surface area contributed by atoms with Crippen LogP contribution in [-0.2, 0) is 4.79 Å². The van der Waals surface area contributed by atoms with Crippen LogP contribution in [0.3, 0.4) is 0 Å². The maximum Gasteiger partial charge on any atom is 0.262 e. The molecule has 1 saturated heterocycles. The number of halogens is 4. The Morgan fingerprint density at radius 1 is 1.10 bits per heavy atom. The number of ether oxygens (including phenoxy) is 1. The van der Waals surface area contributed by atoms with Gasteiger partial charge in [0, 0.05) is 24.6 Å². The number of piperidine rings is 1. The molecule has 2 aliphatic rings. The van der Waals surface area contributed by atoms with E-state index in [-0.39, 0.29) is 44.2 Å². The average Bonchev–Trinajstić information content (AvgIpc) is 2.72. The van der Waals surface area contributed by atoms with Crippen LogP contribution in [0.4, 0.5) is 28.9 Å². The zero-order chi connectivity index (χ0) is 20.7. The lowest BCUT2D eigenvalue weighted by Crippen LogP contribution is -2.38. The molecule has 10 heteroatoms. The first-order valence-electron chi connectivity index (χ1n) is 8.91. The fraction of sp³-hybridized carbons (Fsp3) is 0.316. The molecule has 4 rings (SSSR count). The number of anilines is 2. The van der Waals surface area contributed by atoms with E-state index in [1.54, 1.807) is 12.1 Å². The average molecular weight is 409 g/mol. The zero-order valence-corrected chi connectivity index (χ0v) is 15.0. The van der Waals surface area contributed by atoms with E-state index in [0.29, 0.717) is 17.0 Å². The van der Waals surface area contributed by atoms with Crippen molar-refractivity contribution in [1.29, 1.82) is 0 Å². The van der Waals surface area contributed by atoms with Crippen LogP contribution in [0, 0.1) is 29.4 Å². The van der Waals surface area contributed by atoms with E-state index in [4.69, 9.17) is 4.74 Å². The van der Waals surface area contributed by atoms with Crippen molar-refractivity contribution < 1.29 is 31.9 Å². The minimum absolute atomic E-state index is 0.0396. The maximum atomic E-state index is 13.9. The number of amides is 1. The number of ketones is 1. The molecule has 29 heavy (non-hydrogen) atoms. The first-order valence-corrected chi connectivity index (χ1v) is 8.91. The summed E-state index contributed by atoms with van der Waals surface area (Å²) >= 11 is 0. The Morgan fingerprint density at radius 3 is 2.41 bits per heavy atom. The van der Waals surface area contributed by atoms with Crippen LogP contribution in [0.15, 0.2) is 18.2 Å². The quantitative estimate of drug-likeness (QED) is 0.479. The van der Waals surface area contributed by atoms with Gasteiger partial charge < -0.3 is 15.0 Å². The van der Waals surface area contributed by atoms with E-state index in [2.05, 4.69) is 10.3 Å². The van der Waals surface area contributed by atoms with Crippen molar-refractivity contribution in [3.63, 3.8) is 0 Å². The number of carbonyl (C=O) groups is 2. The van der Waals surface area contributed by atoms with Gasteiger partial charge in [-0.3, -0.25) is 9.59 Å². The van der Waals surface area contributed by atoms with Gasteiger partial charge in [0.15, 0.2) is 12.4 Å². The molecule has 0 bridgehead atoms. The molecule has 0 saturated carbocycles. The minimum Gasteiger partial charge on any atom is -0.482 e. The highest BCUT2D eigenvalue weighted by Gasteiger charge is 2.31. The van der Waals surface area contributed by atoms with E-state index >= 15 is 0 Å². The van der Waals surface area contributed by atoms with Crippen molar-refractivity contribution in [3.05, 3.63) is 47.3 Å². The highest BCUT2D eigenvalue weighted by atomic mass is 19.2. The Kier molecular flexibility index (Phi) is 4.85. The summed E-state index contributed by atoms with van der Waals surface area (Å²) in [6.07, 6.45) is 0.479. The van der Waals surface area contributed by atoms with E-state index in [1.807, 2.05) is 0 Å². The van der Waals surface area contributed by atoms with Gasteiger partial charge >= 0.3 is 0 Å². The summed E-state index contributed by atoms with van der Waals surface area (Å²) in [4.78, 5) is 28.0. The van der Waals surface area contributed by atoms with Crippen molar-refractivity contribution in [1.82, 2.24) is 4.98 Å². The van der Waals surface area contributed by atoms with E-state index < -0.39 is 35.1 Å². The van der Waals surface area contributed by atoms with Crippen molar-refractivity contribution in [2.24, 2.45) is 5.92 Å². The fourth-order valence-electron chi connectivity index (χ4n) is 3.59. The number of aromatic nitrogens is 1. The van der Waals surface area contributed by atoms with Crippen molar-refractivity contribution >= 4 is 23.1 Å². The molecule has 1 fully saturated rings. The molecule has 1 amide bonds. The third-order valence-corrected chi connectivity index (χ3v) is 5.05. The Labute approximate surface area is 162 Å². The molecule has 0 aliphatic carbocycles. The minimum atomic E-state index is -1.71. The third kappa shape index (κ3) is 3.50. The van der Waals surface area contributed by atoms with Crippen molar-refractivity contribution in [2.75, 3.05) is 29.9 Å². The molecular formula is C19H15F4N3O3. The van der Waals surface area contributed by atoms with Gasteiger partial charge in [-0.1, -0.05) is 0 Å². The number of nitrogens with one attached hydrogen (secondary N) is 1. The van der Waals surface area contributed by atoms with Crippen LogP contribution in [-0.4, -0.2) is 36.4 Å². The smallest absolute Gasteiger partial charge is 0.262 e. The fourth-order valence-corrected chi connectivity index (χ4v) is 3.59. The highest BCUT2D eigenvalue weighted by Crippen LogP contribution is 2.33. The summed E-state index contributed by atoms with van der Waals surface area (Å²) in [7, 11) is 0. The van der Waals surface area contributed by atoms with Gasteiger partial charge in [0.2, 0.25) is 11.6 Å². The monoisotopic (exact) mass is 409 g/mol. The van der Waals surface area contributed by atoms with Gasteiger partial charge in [0.1, 0.15) is 11.4 Å². The topological polar surface area (TPSA) is 71.5 Å². The highest BCUT2D eigenvalue weighted by molar-refractivity contribution is 6.01. The van der Waals surface area contributed by atoms with Crippen LogP contribution in [0.25, 0.3) is 0 Å². The van der Waals surface area contributed by atoms with Crippen molar-refractivity contribution in [2.45, 2.75) is 12.8 Å². The Balaban J connectivity index is 1.49. The standard InChI is InChI=1S/C19H15F4N3O3/c20-14-16(15(21)19(23)25-18(14)22)26-5-3-9(4-6-26)17(28)10-1-2-12-11(7-10)24-13(27)8-29-12/h1-2,7,9H,3-6,8H2,(H,24,27). The summed E-state index contributed by atoms with van der Waals surface area (Å²) in [5, 5.41) is 2.62. The number of nitrogens with zero attached hydrogens (tertiary/aromatic N) is 2. The molecule has 0 atom stereocenters. The number of Topliss-reactive ketones (excluding diaryl/α,β-unsaturated/α-hetero) is 1. The summed E-state index contributed by atoms with van der Waals surface area (Å²) in [6, 6.07) is 4.69. The van der Waals surface area contributed by atoms with Crippen LogP contribution in [0.5, 0.6) is 5.75 Å². The van der Waals surface area contributed by atoms with Gasteiger partial charge in [-0.2, -0.15) is 22.5 Å². The van der Waals surface area contributed by atoms with Crippen LogP contribution in [0.1, 0.15) is 23.2 Å². The number of carbonyl (C=O) groups excluding carboxylic acids is 2. The molecule has 1 aromatic carbocycles. The lowest BCUT2D eigenvalue weighted by molar-refractivity contribution is -0.118. The van der Waals surface area contributed by atoms with Crippen molar-refractivity contribution in [3.8, 4) is 5.75 Å². The van der Waals surface area contributed by atoms with E-state index in [1.165, 1.54) is 11.0 Å². The Morgan fingerprint density at radius 2 is 1.76 bits per heavy atom. The summed E-state index contributed by atoms with van der Waals surface area (Å²) in [6.45, 7) is -0.0160. The van der Waals surface area contributed by atoms with E-state index in [0.717, 1.165) is 0 Å². The second kappa shape index (κ2) is 7.34. The molecule has 6 nitrogen and oxygen atoms in total. The number of hydrogen-bond acceptors (Lipinski definition) is 5. The molecule has 3 heterocycles. The second-order valence-corrected chi connectivity index (χ2v) is 6.84. The second-order valence-electron chi connectivity index (χ2n) is 6.84. The molecular weight excluding hydrogens is 394 g/mol. The number of benzene rings is 1. The lowest BCUT2D eigenvalue weighted by Gasteiger charge is -2.33. The summed E-state index contributed by atoms with van der Waals surface area (Å²) in [5.74, 6) is -7.03. The predicted octanol–water partition coefficient (Wildman–Crippen LogP) is 3.07. The predicted molar refractivity (Wildman–Crippen MR) is 93.9 cm³/mol. The Hall–Kier alpha value is -3.17. The molecule has 1 aromatic heterocycles. The maximum absolute atomic E-state index is 13.9. The number of hydrogen-bond donors (Lipinski definition) is 1. The molecule has 152 valence electrons. The zero-order valence-electron chi connectivity index (χ0n) is 15.0. The van der Waals surface area contributed by atoms with Gasteiger partial charge in [0.05, 0.1) is 5.69 Å².